The number of benzene rings is 1. The molecule has 2 heterocycles. The van der Waals surface area contributed by atoms with Gasteiger partial charge in [0, 0.05) is 42.0 Å². The van der Waals surface area contributed by atoms with Crippen LogP contribution in [0.2, 0.25) is 5.02 Å². The molecule has 11 heteroatoms. The van der Waals surface area contributed by atoms with Crippen LogP contribution in [0.15, 0.2) is 41.2 Å². The van der Waals surface area contributed by atoms with Gasteiger partial charge in [0.15, 0.2) is 6.61 Å². The van der Waals surface area contributed by atoms with Crippen molar-refractivity contribution in [3.63, 3.8) is 0 Å². The van der Waals surface area contributed by atoms with Crippen molar-refractivity contribution in [1.29, 1.82) is 0 Å². The maximum atomic E-state index is 13.6. The van der Waals surface area contributed by atoms with Crippen molar-refractivity contribution in [3.05, 3.63) is 53.3 Å². The molecule has 2 aromatic heterocycles. The fourth-order valence-electron chi connectivity index (χ4n) is 5.48. The van der Waals surface area contributed by atoms with Crippen LogP contribution in [0, 0.1) is 11.7 Å². The zero-order chi connectivity index (χ0) is 25.5. The number of nitrogens with zero attached hydrogens (tertiary/aromatic N) is 3. The molecule has 2 bridgehead atoms. The Bertz CT molecular complexity index is 1300. The average Bonchev–Trinajstić information content (AvgIpc) is 3.50. The number of carbonyl (C=O) groups is 2. The smallest absolute Gasteiger partial charge is 0.290 e. The highest BCUT2D eigenvalue weighted by atomic mass is 35.5. The number of ether oxygens (including phenoxy) is 1. The lowest BCUT2D eigenvalue weighted by atomic mass is 9.56. The molecule has 190 valence electrons. The Balaban J connectivity index is 1.18. The summed E-state index contributed by atoms with van der Waals surface area (Å²) >= 11 is 5.69. The zero-order valence-electron chi connectivity index (χ0n) is 20.0. The minimum absolute atomic E-state index is 0.00301. The average molecular weight is 516 g/mol. The molecule has 1 atom stereocenters. The predicted molar refractivity (Wildman–Crippen MR) is 129 cm³/mol. The van der Waals surface area contributed by atoms with E-state index in [1.54, 1.807) is 30.2 Å². The van der Waals surface area contributed by atoms with Crippen molar-refractivity contribution in [2.24, 2.45) is 13.0 Å². The summed E-state index contributed by atoms with van der Waals surface area (Å²) in [7, 11) is 1.81. The SMILES string of the molecule is CC1CC2(NC(=O)c3cc(-c4cnn(C)c4)no3)CCC1(NC(=O)COc1ccc(Cl)c(F)c1)CC2. The molecule has 3 saturated carbocycles. The number of hydrogen-bond donors (Lipinski definition) is 2. The first-order valence-electron chi connectivity index (χ1n) is 11.8. The number of halogens is 2. The molecule has 1 unspecified atom stereocenters. The summed E-state index contributed by atoms with van der Waals surface area (Å²) in [6.45, 7) is 1.87. The van der Waals surface area contributed by atoms with Gasteiger partial charge in [-0.05, 0) is 50.2 Å². The van der Waals surface area contributed by atoms with Crippen LogP contribution in [-0.2, 0) is 11.8 Å². The molecule has 9 nitrogen and oxygen atoms in total. The lowest BCUT2D eigenvalue weighted by molar-refractivity contribution is -0.128. The van der Waals surface area contributed by atoms with Gasteiger partial charge in [0.2, 0.25) is 5.76 Å². The van der Waals surface area contributed by atoms with Gasteiger partial charge < -0.3 is 19.9 Å². The Morgan fingerprint density at radius 2 is 2.03 bits per heavy atom. The second-order valence-electron chi connectivity index (χ2n) is 9.89. The van der Waals surface area contributed by atoms with Crippen molar-refractivity contribution in [2.75, 3.05) is 6.61 Å². The minimum atomic E-state index is -0.599. The third kappa shape index (κ3) is 4.69. The van der Waals surface area contributed by atoms with Gasteiger partial charge in [-0.2, -0.15) is 5.10 Å². The molecule has 0 saturated heterocycles. The molecule has 0 aliphatic heterocycles. The van der Waals surface area contributed by atoms with Gasteiger partial charge in [-0.25, -0.2) is 4.39 Å². The van der Waals surface area contributed by atoms with E-state index in [4.69, 9.17) is 20.9 Å². The van der Waals surface area contributed by atoms with Crippen molar-refractivity contribution in [3.8, 4) is 17.0 Å². The molecule has 3 aliphatic rings. The second-order valence-corrected chi connectivity index (χ2v) is 10.3. The number of rotatable bonds is 7. The Morgan fingerprint density at radius 3 is 2.69 bits per heavy atom. The highest BCUT2D eigenvalue weighted by Crippen LogP contribution is 2.50. The third-order valence-corrected chi connectivity index (χ3v) is 7.81. The van der Waals surface area contributed by atoms with Crippen LogP contribution in [0.5, 0.6) is 5.75 Å². The summed E-state index contributed by atoms with van der Waals surface area (Å²) in [5, 5.41) is 14.5. The van der Waals surface area contributed by atoms with Gasteiger partial charge in [-0.1, -0.05) is 23.7 Å². The Morgan fingerprint density at radius 1 is 1.25 bits per heavy atom. The number of aromatic nitrogens is 3. The van der Waals surface area contributed by atoms with Crippen LogP contribution in [0.4, 0.5) is 4.39 Å². The molecular formula is C25H27ClFN5O4. The number of amides is 2. The summed E-state index contributed by atoms with van der Waals surface area (Å²) in [6.07, 6.45) is 7.11. The first-order valence-corrected chi connectivity index (χ1v) is 12.2. The normalized spacial score (nSPS) is 24.9. The van der Waals surface area contributed by atoms with E-state index in [0.717, 1.165) is 43.7 Å². The highest BCUT2D eigenvalue weighted by Gasteiger charge is 2.54. The summed E-state index contributed by atoms with van der Waals surface area (Å²) in [5.74, 6) is -0.628. The van der Waals surface area contributed by atoms with Gasteiger partial charge in [-0.15, -0.1) is 0 Å². The number of aryl methyl sites for hydroxylation is 1. The van der Waals surface area contributed by atoms with Crippen molar-refractivity contribution in [1.82, 2.24) is 25.6 Å². The molecule has 1 aromatic carbocycles. The number of fused-ring (bicyclic) bond motifs is 3. The summed E-state index contributed by atoms with van der Waals surface area (Å²) < 4.78 is 26.0. The second kappa shape index (κ2) is 9.24. The minimum Gasteiger partial charge on any atom is -0.484 e. The fraction of sp³-hybridized carbons (Fsp3) is 0.440. The highest BCUT2D eigenvalue weighted by molar-refractivity contribution is 6.30. The van der Waals surface area contributed by atoms with E-state index in [1.807, 2.05) is 0 Å². The number of carbonyl (C=O) groups excluding carboxylic acids is 2. The quantitative estimate of drug-likeness (QED) is 0.494. The van der Waals surface area contributed by atoms with Gasteiger partial charge in [0.25, 0.3) is 11.8 Å². The van der Waals surface area contributed by atoms with Crippen LogP contribution in [-0.4, -0.2) is 44.4 Å². The van der Waals surface area contributed by atoms with Gasteiger partial charge >= 0.3 is 0 Å². The Labute approximate surface area is 212 Å². The van der Waals surface area contributed by atoms with Crippen LogP contribution in [0.1, 0.15) is 49.6 Å². The molecule has 36 heavy (non-hydrogen) atoms. The van der Waals surface area contributed by atoms with E-state index in [1.165, 1.54) is 12.1 Å². The fourth-order valence-corrected chi connectivity index (χ4v) is 5.60. The Kier molecular flexibility index (Phi) is 6.23. The summed E-state index contributed by atoms with van der Waals surface area (Å²) in [6, 6.07) is 5.68. The van der Waals surface area contributed by atoms with Crippen LogP contribution in [0.25, 0.3) is 11.3 Å². The van der Waals surface area contributed by atoms with Crippen molar-refractivity contribution in [2.45, 2.75) is 50.1 Å². The molecule has 3 aliphatic carbocycles. The molecule has 0 spiro atoms. The van der Waals surface area contributed by atoms with E-state index < -0.39 is 5.82 Å². The maximum Gasteiger partial charge on any atom is 0.290 e. The van der Waals surface area contributed by atoms with E-state index in [9.17, 15) is 14.0 Å². The summed E-state index contributed by atoms with van der Waals surface area (Å²) in [5.41, 5.74) is 0.601. The molecular weight excluding hydrogens is 489 g/mol. The van der Waals surface area contributed by atoms with Crippen molar-refractivity contribution >= 4 is 23.4 Å². The monoisotopic (exact) mass is 515 g/mol. The van der Waals surface area contributed by atoms with E-state index >= 15 is 0 Å². The molecule has 3 fully saturated rings. The van der Waals surface area contributed by atoms with Gasteiger partial charge in [-0.3, -0.25) is 14.3 Å². The molecule has 6 rings (SSSR count). The van der Waals surface area contributed by atoms with E-state index in [-0.39, 0.29) is 51.9 Å². The number of nitrogens with one attached hydrogen (secondary N) is 2. The van der Waals surface area contributed by atoms with Crippen LogP contribution < -0.4 is 15.4 Å². The first kappa shape index (κ1) is 24.3. The first-order chi connectivity index (χ1) is 17.2. The van der Waals surface area contributed by atoms with Crippen LogP contribution >= 0.6 is 11.6 Å². The molecule has 0 radical (unpaired) electrons. The van der Waals surface area contributed by atoms with Gasteiger partial charge in [0.1, 0.15) is 17.3 Å². The Hall–Kier alpha value is -3.40. The molecule has 2 N–H and O–H groups in total. The lowest BCUT2D eigenvalue weighted by Gasteiger charge is -2.57. The largest absolute Gasteiger partial charge is 0.484 e. The third-order valence-electron chi connectivity index (χ3n) is 7.50. The maximum absolute atomic E-state index is 13.6. The zero-order valence-corrected chi connectivity index (χ0v) is 20.8. The predicted octanol–water partition coefficient (Wildman–Crippen LogP) is 3.88. The van der Waals surface area contributed by atoms with E-state index in [2.05, 4.69) is 27.8 Å². The molecule has 3 aromatic rings. The summed E-state index contributed by atoms with van der Waals surface area (Å²) in [4.78, 5) is 25.7. The van der Waals surface area contributed by atoms with Crippen LogP contribution in [0.3, 0.4) is 0 Å². The van der Waals surface area contributed by atoms with E-state index in [0.29, 0.717) is 5.69 Å². The molecule has 2 amide bonds. The standard InChI is InChI=1S/C25H27ClFN5O4/c1-15-11-24(30-23(34)21-10-20(31-36-21)16-12-28-32(2)13-16)5-7-25(15,8-6-24)29-22(33)14-35-17-3-4-18(26)19(27)9-17/h3-4,9-10,12-13,15H,5-8,11,14H2,1-2H3,(H,29,33)(H,30,34). The van der Waals surface area contributed by atoms with Gasteiger partial charge in [0.05, 0.1) is 11.2 Å². The lowest BCUT2D eigenvalue weighted by Crippen LogP contribution is -2.67. The topological polar surface area (TPSA) is 111 Å². The number of hydrogen-bond acceptors (Lipinski definition) is 6. The van der Waals surface area contributed by atoms with Crippen molar-refractivity contribution < 1.29 is 23.2 Å².